The van der Waals surface area contributed by atoms with Gasteiger partial charge in [0.1, 0.15) is 6.04 Å². The van der Waals surface area contributed by atoms with Crippen molar-refractivity contribution in [1.82, 2.24) is 4.90 Å². The molecule has 1 saturated carbocycles. The Morgan fingerprint density at radius 3 is 2.44 bits per heavy atom. The fraction of sp³-hybridized carbons (Fsp3) is 0.480. The number of hydrogen-bond donors (Lipinski definition) is 2. The number of hydrogen-bond acceptors (Lipinski definition) is 6. The third-order valence-corrected chi connectivity index (χ3v) is 6.22. The number of nitrogens with zero attached hydrogens (tertiary/aromatic N) is 2. The fourth-order valence-corrected chi connectivity index (χ4v) is 4.13. The molecule has 0 radical (unpaired) electrons. The van der Waals surface area contributed by atoms with Gasteiger partial charge < -0.3 is 25.0 Å². The van der Waals surface area contributed by atoms with Crippen molar-refractivity contribution in [3.8, 4) is 11.5 Å². The molecule has 1 atom stereocenters. The number of piperazine rings is 1. The molecule has 7 nitrogen and oxygen atoms in total. The monoisotopic (exact) mass is 438 g/mol. The molecule has 1 aliphatic heterocycles. The quantitative estimate of drug-likeness (QED) is 0.623. The van der Waals surface area contributed by atoms with E-state index in [0.29, 0.717) is 17.2 Å². The largest absolute Gasteiger partial charge is 0.493 e. The third-order valence-electron chi connectivity index (χ3n) is 6.22. The molecule has 1 aliphatic carbocycles. The molecule has 1 amide bonds. The molecule has 2 fully saturated rings. The van der Waals surface area contributed by atoms with Crippen LogP contribution in [0.5, 0.6) is 11.5 Å². The zero-order chi connectivity index (χ0) is 22.5. The second-order valence-corrected chi connectivity index (χ2v) is 8.71. The van der Waals surface area contributed by atoms with Gasteiger partial charge in [0.05, 0.1) is 14.2 Å². The van der Waals surface area contributed by atoms with E-state index in [0.717, 1.165) is 37.8 Å². The van der Waals surface area contributed by atoms with Crippen molar-refractivity contribution in [2.45, 2.75) is 25.8 Å². The average Bonchev–Trinajstić information content (AvgIpc) is 3.63. The number of methoxy groups -OCH3 is 2. The number of nitrogens with one attached hydrogen (secondary N) is 2. The molecule has 2 aliphatic rings. The van der Waals surface area contributed by atoms with E-state index in [9.17, 15) is 4.79 Å². The van der Waals surface area contributed by atoms with Crippen molar-refractivity contribution in [1.29, 1.82) is 0 Å². The summed E-state index contributed by atoms with van der Waals surface area (Å²) in [6.45, 7) is 7.47. The van der Waals surface area contributed by atoms with Crippen LogP contribution < -0.4 is 25.0 Å². The molecule has 1 saturated heterocycles. The molecule has 2 N–H and O–H groups in total. The number of carbonyl (C=O) groups excluding carboxylic acids is 1. The van der Waals surface area contributed by atoms with Crippen LogP contribution in [-0.4, -0.2) is 63.8 Å². The molecule has 0 bridgehead atoms. The van der Waals surface area contributed by atoms with Gasteiger partial charge in [0.2, 0.25) is 5.91 Å². The lowest BCUT2D eigenvalue weighted by molar-refractivity contribution is -0.116. The molecular formula is C25H34N4O3. The summed E-state index contributed by atoms with van der Waals surface area (Å²) in [6, 6.07) is 13.3. The first-order valence-corrected chi connectivity index (χ1v) is 11.4. The van der Waals surface area contributed by atoms with Crippen LogP contribution in [-0.2, 0) is 4.79 Å². The van der Waals surface area contributed by atoms with Gasteiger partial charge in [-0.2, -0.15) is 0 Å². The maximum atomic E-state index is 12.7. The molecule has 0 unspecified atom stereocenters. The van der Waals surface area contributed by atoms with E-state index < -0.39 is 6.04 Å². The highest BCUT2D eigenvalue weighted by Crippen LogP contribution is 2.31. The summed E-state index contributed by atoms with van der Waals surface area (Å²) in [5.41, 5.74) is 2.81. The summed E-state index contributed by atoms with van der Waals surface area (Å²) in [6.07, 6.45) is 2.82. The van der Waals surface area contributed by atoms with Crippen LogP contribution in [0.3, 0.4) is 0 Å². The Hall–Kier alpha value is -2.93. The predicted molar refractivity (Wildman–Crippen MR) is 129 cm³/mol. The first-order valence-electron chi connectivity index (χ1n) is 11.4. The van der Waals surface area contributed by atoms with Crippen LogP contribution in [0.4, 0.5) is 17.1 Å². The zero-order valence-electron chi connectivity index (χ0n) is 19.3. The van der Waals surface area contributed by atoms with Crippen LogP contribution in [0.2, 0.25) is 0 Å². The molecule has 32 heavy (non-hydrogen) atoms. The van der Waals surface area contributed by atoms with Gasteiger partial charge in [-0.15, -0.1) is 0 Å². The van der Waals surface area contributed by atoms with Gasteiger partial charge in [0.15, 0.2) is 11.5 Å². The van der Waals surface area contributed by atoms with Crippen LogP contribution in [0, 0.1) is 5.92 Å². The highest BCUT2D eigenvalue weighted by molar-refractivity contribution is 5.96. The molecule has 2 aromatic rings. The smallest absolute Gasteiger partial charge is 0.246 e. The second kappa shape index (κ2) is 10.1. The van der Waals surface area contributed by atoms with Gasteiger partial charge in [-0.05, 0) is 56.0 Å². The maximum Gasteiger partial charge on any atom is 0.246 e. The fourth-order valence-electron chi connectivity index (χ4n) is 4.13. The van der Waals surface area contributed by atoms with Crippen LogP contribution >= 0.6 is 0 Å². The molecule has 2 aromatic carbocycles. The van der Waals surface area contributed by atoms with Gasteiger partial charge in [-0.25, -0.2) is 0 Å². The number of anilines is 3. The van der Waals surface area contributed by atoms with E-state index in [2.05, 4.69) is 32.6 Å². The minimum absolute atomic E-state index is 0.115. The summed E-state index contributed by atoms with van der Waals surface area (Å²) in [5.74, 6) is 2.04. The molecule has 7 heteroatoms. The topological polar surface area (TPSA) is 66.1 Å². The van der Waals surface area contributed by atoms with Gasteiger partial charge in [-0.3, -0.25) is 9.69 Å². The third kappa shape index (κ3) is 5.65. The summed E-state index contributed by atoms with van der Waals surface area (Å²) in [5, 5.41) is 6.27. The van der Waals surface area contributed by atoms with E-state index >= 15 is 0 Å². The lowest BCUT2D eigenvalue weighted by Crippen LogP contribution is -2.47. The second-order valence-electron chi connectivity index (χ2n) is 8.71. The maximum absolute atomic E-state index is 12.7. The van der Waals surface area contributed by atoms with Gasteiger partial charge in [-0.1, -0.05) is 6.07 Å². The molecule has 1 heterocycles. The van der Waals surface area contributed by atoms with E-state index in [1.807, 2.05) is 19.1 Å². The van der Waals surface area contributed by atoms with Gasteiger partial charge in [0, 0.05) is 55.9 Å². The summed E-state index contributed by atoms with van der Waals surface area (Å²) >= 11 is 0. The Labute approximate surface area is 190 Å². The Morgan fingerprint density at radius 2 is 1.75 bits per heavy atom. The molecular weight excluding hydrogens is 404 g/mol. The lowest BCUT2D eigenvalue weighted by atomic mass is 10.2. The minimum atomic E-state index is -0.395. The Morgan fingerprint density at radius 1 is 1.00 bits per heavy atom. The minimum Gasteiger partial charge on any atom is -0.493 e. The van der Waals surface area contributed by atoms with Crippen molar-refractivity contribution in [2.75, 3.05) is 62.5 Å². The van der Waals surface area contributed by atoms with Gasteiger partial charge >= 0.3 is 0 Å². The SMILES string of the molecule is COc1ccc(NC(=O)[C@H](C)Nc2cccc(N3CCN(CC4CC4)CC3)c2)cc1OC. The number of amides is 1. The number of rotatable bonds is 9. The van der Waals surface area contributed by atoms with Crippen molar-refractivity contribution in [3.63, 3.8) is 0 Å². The standard InChI is InChI=1S/C25H34N4O3/c1-18(25(30)27-21-9-10-23(31-2)24(16-21)32-3)26-20-5-4-6-22(15-20)29-13-11-28(12-14-29)17-19-7-8-19/h4-6,9-10,15-16,18-19,26H,7-8,11-14,17H2,1-3H3,(H,27,30)/t18-/m0/s1. The molecule has 172 valence electrons. The van der Waals surface area contributed by atoms with Crippen LogP contribution in [0.15, 0.2) is 42.5 Å². The van der Waals surface area contributed by atoms with E-state index in [4.69, 9.17) is 9.47 Å². The van der Waals surface area contributed by atoms with Crippen molar-refractivity contribution < 1.29 is 14.3 Å². The van der Waals surface area contributed by atoms with Crippen LogP contribution in [0.1, 0.15) is 19.8 Å². The highest BCUT2D eigenvalue weighted by Gasteiger charge is 2.26. The first-order chi connectivity index (χ1) is 15.6. The summed E-state index contributed by atoms with van der Waals surface area (Å²) < 4.78 is 10.6. The Kier molecular flexibility index (Phi) is 7.05. The van der Waals surface area contributed by atoms with E-state index in [-0.39, 0.29) is 5.91 Å². The zero-order valence-corrected chi connectivity index (χ0v) is 19.3. The predicted octanol–water partition coefficient (Wildman–Crippen LogP) is 3.67. The summed E-state index contributed by atoms with van der Waals surface area (Å²) in [7, 11) is 3.16. The highest BCUT2D eigenvalue weighted by atomic mass is 16.5. The van der Waals surface area contributed by atoms with Crippen molar-refractivity contribution >= 4 is 23.0 Å². The van der Waals surface area contributed by atoms with Gasteiger partial charge in [0.25, 0.3) is 0 Å². The Bertz CT molecular complexity index is 923. The summed E-state index contributed by atoms with van der Waals surface area (Å²) in [4.78, 5) is 17.8. The normalized spacial score (nSPS) is 17.5. The molecule has 4 rings (SSSR count). The molecule has 0 aromatic heterocycles. The molecule has 0 spiro atoms. The van der Waals surface area contributed by atoms with Crippen molar-refractivity contribution in [3.05, 3.63) is 42.5 Å². The van der Waals surface area contributed by atoms with Crippen molar-refractivity contribution in [2.24, 2.45) is 5.92 Å². The number of ether oxygens (including phenoxy) is 2. The van der Waals surface area contributed by atoms with E-state index in [1.165, 1.54) is 25.1 Å². The van der Waals surface area contributed by atoms with E-state index in [1.54, 1.807) is 32.4 Å². The first kappa shape index (κ1) is 22.3. The average molecular weight is 439 g/mol. The number of carbonyl (C=O) groups is 1. The number of benzene rings is 2. The van der Waals surface area contributed by atoms with Crippen LogP contribution in [0.25, 0.3) is 0 Å². The lowest BCUT2D eigenvalue weighted by Gasteiger charge is -2.36. The Balaban J connectivity index is 1.32.